The number of fused-ring (bicyclic) bond motifs is 4. The molecule has 44 heavy (non-hydrogen) atoms. The third-order valence-electron chi connectivity index (χ3n) is 7.14. The van der Waals surface area contributed by atoms with Crippen LogP contribution in [0, 0.1) is 0 Å². The second-order valence-electron chi connectivity index (χ2n) is 9.87. The van der Waals surface area contributed by atoms with Crippen LogP contribution in [-0.2, 0) is 14.2 Å². The Labute approximate surface area is 243 Å². The van der Waals surface area contributed by atoms with Crippen molar-refractivity contribution in [3.63, 3.8) is 0 Å². The summed E-state index contributed by atoms with van der Waals surface area (Å²) in [5.74, 6) is -14.4. The van der Waals surface area contributed by atoms with Gasteiger partial charge in [-0.2, -0.15) is 0 Å². The first kappa shape index (κ1) is 29.7. The van der Waals surface area contributed by atoms with Gasteiger partial charge >= 0.3 is 17.9 Å². The maximum Gasteiger partial charge on any atom is 0.339 e. The molecule has 5 unspecified atom stereocenters. The molecule has 0 aromatic heterocycles. The van der Waals surface area contributed by atoms with Gasteiger partial charge in [0.15, 0.2) is 52.5 Å². The molecule has 1 aliphatic carbocycles. The number of rotatable bonds is 2. The van der Waals surface area contributed by atoms with Crippen molar-refractivity contribution in [2.24, 2.45) is 0 Å². The molecule has 1 heterocycles. The highest BCUT2D eigenvalue weighted by Gasteiger charge is 2.51. The van der Waals surface area contributed by atoms with Gasteiger partial charge in [-0.05, 0) is 24.3 Å². The quantitative estimate of drug-likeness (QED) is 0.103. The van der Waals surface area contributed by atoms with Crippen molar-refractivity contribution in [3.05, 3.63) is 41.0 Å². The van der Waals surface area contributed by atoms with Crippen molar-refractivity contribution < 1.29 is 84.8 Å². The first-order valence-corrected chi connectivity index (χ1v) is 12.4. The van der Waals surface area contributed by atoms with Gasteiger partial charge in [-0.25, -0.2) is 14.4 Å². The highest BCUT2D eigenvalue weighted by Crippen LogP contribution is 2.53. The van der Waals surface area contributed by atoms with Gasteiger partial charge in [-0.15, -0.1) is 0 Å². The van der Waals surface area contributed by atoms with Crippen LogP contribution in [0.25, 0.3) is 11.1 Å². The molecule has 1 saturated carbocycles. The van der Waals surface area contributed by atoms with Gasteiger partial charge in [-0.3, -0.25) is 0 Å². The number of hydrogen-bond acceptors (Lipinski definition) is 17. The minimum absolute atomic E-state index is 0.534. The Kier molecular flexibility index (Phi) is 7.06. The molecule has 5 rings (SSSR count). The van der Waals surface area contributed by atoms with Crippen LogP contribution in [0.1, 0.15) is 37.5 Å². The monoisotopic (exact) mass is 618 g/mol. The zero-order valence-corrected chi connectivity index (χ0v) is 21.8. The van der Waals surface area contributed by atoms with Gasteiger partial charge in [-0.1, -0.05) is 0 Å². The first-order valence-electron chi connectivity index (χ1n) is 12.4. The molecule has 11 N–H and O–H groups in total. The minimum Gasteiger partial charge on any atom is -0.504 e. The summed E-state index contributed by atoms with van der Waals surface area (Å²) in [5, 5.41) is 112. The lowest BCUT2D eigenvalue weighted by molar-refractivity contribution is -0.180. The van der Waals surface area contributed by atoms with E-state index in [0.29, 0.717) is 24.3 Å². The molecule has 0 radical (unpaired) electrons. The fraction of sp³-hybridized carbons (Fsp3) is 0.222. The fourth-order valence-electron chi connectivity index (χ4n) is 4.95. The number of hydrogen-bond donors (Lipinski definition) is 11. The van der Waals surface area contributed by atoms with Crippen molar-refractivity contribution >= 4 is 17.9 Å². The summed E-state index contributed by atoms with van der Waals surface area (Å²) in [6.45, 7) is 0. The van der Waals surface area contributed by atoms with Crippen LogP contribution >= 0.6 is 0 Å². The van der Waals surface area contributed by atoms with E-state index in [1.165, 1.54) is 0 Å². The van der Waals surface area contributed by atoms with Gasteiger partial charge in [0.05, 0.1) is 22.8 Å². The van der Waals surface area contributed by atoms with Gasteiger partial charge < -0.3 is 70.4 Å². The van der Waals surface area contributed by atoms with E-state index >= 15 is 0 Å². The van der Waals surface area contributed by atoms with Crippen molar-refractivity contribution in [1.82, 2.24) is 0 Å². The lowest BCUT2D eigenvalue weighted by Gasteiger charge is -2.41. The Balaban J connectivity index is 1.67. The number of phenolic OH excluding ortho intramolecular Hbond substituents is 9. The van der Waals surface area contributed by atoms with E-state index in [-0.39, 0.29) is 0 Å². The van der Waals surface area contributed by atoms with Gasteiger partial charge in [0.2, 0.25) is 11.5 Å². The molecule has 2 aliphatic rings. The summed E-state index contributed by atoms with van der Waals surface area (Å²) in [6, 6.07) is 2.53. The van der Waals surface area contributed by atoms with Crippen molar-refractivity contribution in [3.8, 4) is 62.9 Å². The molecule has 17 nitrogen and oxygen atoms in total. The molecular formula is C27H22O17. The van der Waals surface area contributed by atoms with Gasteiger partial charge in [0, 0.05) is 17.5 Å². The number of aromatic hydroxyl groups is 9. The first-order chi connectivity index (χ1) is 20.6. The van der Waals surface area contributed by atoms with E-state index in [9.17, 15) is 70.6 Å². The number of phenols is 9. The highest BCUT2D eigenvalue weighted by atomic mass is 16.6. The third-order valence-corrected chi connectivity index (χ3v) is 7.14. The summed E-state index contributed by atoms with van der Waals surface area (Å²) in [6.07, 6.45) is -10.2. The van der Waals surface area contributed by atoms with Crippen LogP contribution in [-0.4, -0.2) is 105 Å². The van der Waals surface area contributed by atoms with E-state index in [1.807, 2.05) is 0 Å². The van der Waals surface area contributed by atoms with E-state index in [1.54, 1.807) is 0 Å². The molecule has 5 atom stereocenters. The molecule has 1 fully saturated rings. The number of benzene rings is 3. The van der Waals surface area contributed by atoms with Crippen molar-refractivity contribution in [2.45, 2.75) is 36.9 Å². The number of carbonyl (C=O) groups is 3. The topological polar surface area (TPSA) is 301 Å². The molecule has 0 saturated heterocycles. The lowest BCUT2D eigenvalue weighted by Crippen LogP contribution is -2.60. The molecule has 0 amide bonds. The Bertz CT molecular complexity index is 1710. The number of aliphatic hydroxyl groups excluding tert-OH is 2. The Hall–Kier alpha value is -5.81. The summed E-state index contributed by atoms with van der Waals surface area (Å²) in [7, 11) is 0. The average Bonchev–Trinajstić information content (AvgIpc) is 2.97. The van der Waals surface area contributed by atoms with E-state index < -0.39 is 134 Å². The lowest BCUT2D eigenvalue weighted by atomic mass is 9.86. The van der Waals surface area contributed by atoms with E-state index in [2.05, 4.69) is 0 Å². The number of ether oxygens (including phenoxy) is 3. The molecule has 0 bridgehead atoms. The van der Waals surface area contributed by atoms with Crippen LogP contribution < -0.4 is 0 Å². The summed E-state index contributed by atoms with van der Waals surface area (Å²) >= 11 is 0. The predicted molar refractivity (Wildman–Crippen MR) is 138 cm³/mol. The summed E-state index contributed by atoms with van der Waals surface area (Å²) < 4.78 is 16.0. The second kappa shape index (κ2) is 10.5. The van der Waals surface area contributed by atoms with E-state index in [0.717, 1.165) is 0 Å². The maximum absolute atomic E-state index is 13.5. The molecule has 17 heteroatoms. The third kappa shape index (κ3) is 4.65. The van der Waals surface area contributed by atoms with Crippen LogP contribution in [0.2, 0.25) is 0 Å². The average molecular weight is 618 g/mol. The van der Waals surface area contributed by atoms with Crippen molar-refractivity contribution in [2.75, 3.05) is 0 Å². The summed E-state index contributed by atoms with van der Waals surface area (Å²) in [5.41, 5.74) is -4.02. The number of aliphatic hydroxyl groups is 2. The standard InChI is InChI=1S/C27H22O17/c28-9-1-6(2-10(29)17(9)33)25(39)42-14-5-13(32)20(36)24-23(14)43-26(40)7-3-11(30)18(34)21(37)15(7)16-8(27(41)44-24)4-12(31)19(35)22(16)38/h1-4,13-14,20,23-24,28-38H,5H2. The minimum atomic E-state index is -2.04. The fourth-order valence-corrected chi connectivity index (χ4v) is 4.95. The maximum atomic E-state index is 13.5. The van der Waals surface area contributed by atoms with Crippen LogP contribution in [0.3, 0.4) is 0 Å². The Morgan fingerprint density at radius 2 is 1.07 bits per heavy atom. The summed E-state index contributed by atoms with van der Waals surface area (Å²) in [4.78, 5) is 39.9. The van der Waals surface area contributed by atoms with E-state index in [4.69, 9.17) is 14.2 Å². The van der Waals surface area contributed by atoms with Crippen LogP contribution in [0.15, 0.2) is 24.3 Å². The number of esters is 3. The molecular weight excluding hydrogens is 596 g/mol. The highest BCUT2D eigenvalue weighted by molar-refractivity contribution is 6.08. The smallest absolute Gasteiger partial charge is 0.339 e. The Morgan fingerprint density at radius 3 is 1.55 bits per heavy atom. The second-order valence-corrected chi connectivity index (χ2v) is 9.87. The molecule has 3 aromatic rings. The van der Waals surface area contributed by atoms with Gasteiger partial charge in [0.25, 0.3) is 0 Å². The normalized spacial score (nSPS) is 22.9. The van der Waals surface area contributed by atoms with Crippen LogP contribution in [0.5, 0.6) is 51.7 Å². The zero-order valence-electron chi connectivity index (χ0n) is 21.8. The molecule has 1 aliphatic heterocycles. The SMILES string of the molecule is O=C(OC1CC(O)C(O)C2OC(=O)c3cc(O)c(O)c(O)c3-c3c(cc(O)c(O)c3O)C(=O)OC12)c1cc(O)c(O)c(O)c1. The van der Waals surface area contributed by atoms with Gasteiger partial charge in [0.1, 0.15) is 12.2 Å². The number of carbonyl (C=O) groups excluding carboxylic acids is 3. The van der Waals surface area contributed by atoms with Crippen molar-refractivity contribution in [1.29, 1.82) is 0 Å². The molecule has 0 spiro atoms. The predicted octanol–water partition coefficient (Wildman–Crippen LogP) is 0.119. The largest absolute Gasteiger partial charge is 0.504 e. The molecule has 3 aromatic carbocycles. The van der Waals surface area contributed by atoms with Crippen LogP contribution in [0.4, 0.5) is 0 Å². The molecule has 232 valence electrons. The Morgan fingerprint density at radius 1 is 0.636 bits per heavy atom. The zero-order chi connectivity index (χ0) is 32.4.